The first kappa shape index (κ1) is 36.5. The molecule has 2 aliphatic heterocycles. The smallest absolute Gasteiger partial charge is 0.258 e. The Balaban J connectivity index is 1.03. The van der Waals surface area contributed by atoms with Crippen molar-refractivity contribution in [2.75, 3.05) is 37.9 Å². The van der Waals surface area contributed by atoms with Crippen LogP contribution in [-0.2, 0) is 9.59 Å². The average molecular weight is 742 g/mol. The lowest BCUT2D eigenvalue weighted by Gasteiger charge is -2.25. The molecule has 52 heavy (non-hydrogen) atoms. The second-order valence-corrected chi connectivity index (χ2v) is 13.4. The van der Waals surface area contributed by atoms with Crippen molar-refractivity contribution in [3.8, 4) is 11.5 Å². The fourth-order valence-corrected chi connectivity index (χ4v) is 6.91. The monoisotopic (exact) mass is 740 g/mol. The first-order valence-corrected chi connectivity index (χ1v) is 17.7. The molecule has 2 atom stereocenters. The van der Waals surface area contributed by atoms with Gasteiger partial charge in [-0.2, -0.15) is 0 Å². The summed E-state index contributed by atoms with van der Waals surface area (Å²) in [6, 6.07) is 23.3. The number of hydrogen-bond acceptors (Lipinski definition) is 6. The van der Waals surface area contributed by atoms with E-state index in [4.69, 9.17) is 32.7 Å². The van der Waals surface area contributed by atoms with Gasteiger partial charge in [-0.3, -0.25) is 19.2 Å². The van der Waals surface area contributed by atoms with Gasteiger partial charge >= 0.3 is 0 Å². The van der Waals surface area contributed by atoms with Crippen LogP contribution in [0.3, 0.4) is 0 Å². The lowest BCUT2D eigenvalue weighted by Crippen LogP contribution is -2.43. The minimum atomic E-state index is -0.610. The highest BCUT2D eigenvalue weighted by molar-refractivity contribution is 6.31. The fourth-order valence-electron chi connectivity index (χ4n) is 6.57. The predicted octanol–water partition coefficient (Wildman–Crippen LogP) is 7.67. The molecule has 0 radical (unpaired) electrons. The number of likely N-dealkylation sites (tertiary alicyclic amines) is 2. The Labute approximate surface area is 312 Å². The van der Waals surface area contributed by atoms with E-state index in [1.165, 1.54) is 14.2 Å². The molecule has 0 unspecified atom stereocenters. The Morgan fingerprint density at radius 2 is 1.00 bits per heavy atom. The molecule has 0 spiro atoms. The lowest BCUT2D eigenvalue weighted by molar-refractivity contribution is -0.120. The van der Waals surface area contributed by atoms with Gasteiger partial charge in [-0.15, -0.1) is 0 Å². The number of amides is 4. The standard InChI is InChI=1S/C40H38Cl2N4O6/c1-51-35-19-13-27(41)23-31(35)39(49)45-21-3-5-33(45)37(47)43-29-15-9-25(10-16-29)7-8-26-11-17-30(18-12-26)44-38(48)34-6-4-22-46(34)40(50)32-24-28(42)14-20-36(32)52-2/h7-20,23-24,33-34H,3-6,21-22H2,1-2H3,(H,43,47)(H,44,48)/b8-7+/t33-,34-/m0/s1. The van der Waals surface area contributed by atoms with Gasteiger partial charge in [0.05, 0.1) is 25.3 Å². The van der Waals surface area contributed by atoms with Crippen molar-refractivity contribution in [1.29, 1.82) is 0 Å². The first-order chi connectivity index (χ1) is 25.1. The van der Waals surface area contributed by atoms with E-state index in [0.29, 0.717) is 82.8 Å². The van der Waals surface area contributed by atoms with Gasteiger partial charge in [-0.05, 0) is 97.5 Å². The molecule has 2 saturated heterocycles. The van der Waals surface area contributed by atoms with Crippen LogP contribution in [-0.4, -0.2) is 72.8 Å². The van der Waals surface area contributed by atoms with Crippen molar-refractivity contribution < 1.29 is 28.7 Å². The van der Waals surface area contributed by atoms with E-state index in [0.717, 1.165) is 11.1 Å². The normalized spacial score (nSPS) is 16.9. The molecule has 2 fully saturated rings. The third-order valence-electron chi connectivity index (χ3n) is 9.24. The number of carbonyl (C=O) groups is 4. The Kier molecular flexibility index (Phi) is 11.5. The van der Waals surface area contributed by atoms with E-state index in [9.17, 15) is 19.2 Å². The minimum absolute atomic E-state index is 0.254. The zero-order chi connectivity index (χ0) is 36.8. The number of carbonyl (C=O) groups excluding carboxylic acids is 4. The quantitative estimate of drug-likeness (QED) is 0.161. The van der Waals surface area contributed by atoms with Crippen LogP contribution in [0.2, 0.25) is 10.0 Å². The molecular weight excluding hydrogens is 703 g/mol. The van der Waals surface area contributed by atoms with Crippen LogP contribution in [0.15, 0.2) is 84.9 Å². The van der Waals surface area contributed by atoms with E-state index >= 15 is 0 Å². The van der Waals surface area contributed by atoms with E-state index in [-0.39, 0.29) is 23.6 Å². The molecule has 2 aliphatic rings. The number of anilines is 2. The van der Waals surface area contributed by atoms with Crippen LogP contribution in [0, 0.1) is 0 Å². The average Bonchev–Trinajstić information content (AvgIpc) is 3.86. The summed E-state index contributed by atoms with van der Waals surface area (Å²) in [5, 5.41) is 6.72. The topological polar surface area (TPSA) is 117 Å². The molecule has 4 aromatic rings. The molecule has 4 amide bonds. The van der Waals surface area contributed by atoms with Gasteiger partial charge in [-0.25, -0.2) is 0 Å². The molecule has 2 N–H and O–H groups in total. The van der Waals surface area contributed by atoms with Crippen LogP contribution < -0.4 is 20.1 Å². The number of nitrogens with one attached hydrogen (secondary N) is 2. The number of halogens is 2. The van der Waals surface area contributed by atoms with Gasteiger partial charge in [0.15, 0.2) is 0 Å². The van der Waals surface area contributed by atoms with Crippen LogP contribution in [0.25, 0.3) is 12.2 Å². The molecule has 0 saturated carbocycles. The number of rotatable bonds is 10. The van der Waals surface area contributed by atoms with Gasteiger partial charge < -0.3 is 29.9 Å². The maximum atomic E-state index is 13.4. The van der Waals surface area contributed by atoms with Crippen LogP contribution in [0.5, 0.6) is 11.5 Å². The molecule has 0 aliphatic carbocycles. The highest BCUT2D eigenvalue weighted by Gasteiger charge is 2.37. The van der Waals surface area contributed by atoms with Gasteiger partial charge in [0, 0.05) is 34.5 Å². The number of methoxy groups -OCH3 is 2. The number of nitrogens with zero attached hydrogens (tertiary/aromatic N) is 2. The summed E-state index contributed by atoms with van der Waals surface area (Å²) in [5.41, 5.74) is 3.73. The molecule has 0 bridgehead atoms. The summed E-state index contributed by atoms with van der Waals surface area (Å²) in [6.45, 7) is 0.926. The second kappa shape index (κ2) is 16.4. The number of ether oxygens (including phenoxy) is 2. The summed E-state index contributed by atoms with van der Waals surface area (Å²) in [7, 11) is 2.98. The van der Waals surface area contributed by atoms with Crippen molar-refractivity contribution in [1.82, 2.24) is 9.80 Å². The molecule has 6 rings (SSSR count). The highest BCUT2D eigenvalue weighted by Crippen LogP contribution is 2.30. The molecule has 4 aromatic carbocycles. The van der Waals surface area contributed by atoms with E-state index in [1.54, 1.807) is 46.2 Å². The van der Waals surface area contributed by atoms with Crippen molar-refractivity contribution in [2.45, 2.75) is 37.8 Å². The van der Waals surface area contributed by atoms with E-state index in [2.05, 4.69) is 10.6 Å². The molecular formula is C40H38Cl2N4O6. The summed E-state index contributed by atoms with van der Waals surface area (Å²) >= 11 is 12.3. The van der Waals surface area contributed by atoms with Crippen LogP contribution in [0.4, 0.5) is 11.4 Å². The van der Waals surface area contributed by atoms with E-state index in [1.807, 2.05) is 60.7 Å². The molecule has 12 heteroatoms. The van der Waals surface area contributed by atoms with Crippen molar-refractivity contribution in [3.05, 3.63) is 117 Å². The summed E-state index contributed by atoms with van der Waals surface area (Å²) in [4.78, 5) is 56.4. The summed E-state index contributed by atoms with van der Waals surface area (Å²) in [6.07, 6.45) is 6.43. The Morgan fingerprint density at radius 1 is 0.615 bits per heavy atom. The maximum Gasteiger partial charge on any atom is 0.258 e. The number of benzene rings is 4. The number of hydrogen-bond donors (Lipinski definition) is 2. The van der Waals surface area contributed by atoms with Crippen molar-refractivity contribution >= 4 is 70.4 Å². The Hall–Kier alpha value is -5.32. The third-order valence-corrected chi connectivity index (χ3v) is 9.71. The Morgan fingerprint density at radius 3 is 1.37 bits per heavy atom. The molecule has 0 aromatic heterocycles. The van der Waals surface area contributed by atoms with Gasteiger partial charge in [0.2, 0.25) is 11.8 Å². The van der Waals surface area contributed by atoms with E-state index < -0.39 is 12.1 Å². The first-order valence-electron chi connectivity index (χ1n) is 16.9. The SMILES string of the molecule is COc1ccc(Cl)cc1C(=O)N1CCC[C@H]1C(=O)Nc1ccc(/C=C/c2ccc(NC(=O)[C@@H]3CCCN3C(=O)c3cc(Cl)ccc3OC)cc2)cc1. The maximum absolute atomic E-state index is 13.4. The van der Waals surface area contributed by atoms with Gasteiger partial charge in [0.1, 0.15) is 23.6 Å². The molecule has 2 heterocycles. The molecule has 268 valence electrons. The minimum Gasteiger partial charge on any atom is -0.496 e. The summed E-state index contributed by atoms with van der Waals surface area (Å²) < 4.78 is 10.7. The predicted molar refractivity (Wildman–Crippen MR) is 203 cm³/mol. The summed E-state index contributed by atoms with van der Waals surface area (Å²) in [5.74, 6) is -0.284. The van der Waals surface area contributed by atoms with Crippen LogP contribution >= 0.6 is 23.2 Å². The zero-order valence-corrected chi connectivity index (χ0v) is 30.2. The Bertz CT molecular complexity index is 1860. The van der Waals surface area contributed by atoms with Crippen molar-refractivity contribution in [2.24, 2.45) is 0 Å². The fraction of sp³-hybridized carbons (Fsp3) is 0.250. The molecule has 10 nitrogen and oxygen atoms in total. The zero-order valence-electron chi connectivity index (χ0n) is 28.7. The second-order valence-electron chi connectivity index (χ2n) is 12.6. The van der Waals surface area contributed by atoms with Crippen molar-refractivity contribution in [3.63, 3.8) is 0 Å². The van der Waals surface area contributed by atoms with Gasteiger partial charge in [-0.1, -0.05) is 59.6 Å². The third kappa shape index (κ3) is 8.25. The largest absolute Gasteiger partial charge is 0.496 e. The lowest BCUT2D eigenvalue weighted by atomic mass is 10.1. The van der Waals surface area contributed by atoms with Gasteiger partial charge in [0.25, 0.3) is 11.8 Å². The van der Waals surface area contributed by atoms with Crippen LogP contribution in [0.1, 0.15) is 57.5 Å². The highest BCUT2D eigenvalue weighted by atomic mass is 35.5.